The van der Waals surface area contributed by atoms with Crippen molar-refractivity contribution in [3.63, 3.8) is 0 Å². The quantitative estimate of drug-likeness (QED) is 0.508. The van der Waals surface area contributed by atoms with Gasteiger partial charge in [0, 0.05) is 0 Å². The number of hydrogen-bond donors (Lipinski definition) is 3. The Labute approximate surface area is 72.4 Å². The van der Waals surface area contributed by atoms with Gasteiger partial charge >= 0.3 is 5.97 Å². The van der Waals surface area contributed by atoms with E-state index in [0.717, 1.165) is 0 Å². The fourth-order valence-electron chi connectivity index (χ4n) is 0.738. The van der Waals surface area contributed by atoms with Crippen molar-refractivity contribution in [2.45, 2.75) is 19.9 Å². The Balaban J connectivity index is 4.10. The van der Waals surface area contributed by atoms with Crippen molar-refractivity contribution in [2.24, 2.45) is 11.6 Å². The minimum Gasteiger partial charge on any atom is -0.480 e. The third-order valence-electron chi connectivity index (χ3n) is 1.41. The van der Waals surface area contributed by atoms with Crippen LogP contribution in [0, 0.1) is 5.92 Å². The number of aliphatic carboxylic acids is 1. The zero-order chi connectivity index (χ0) is 10.4. The van der Waals surface area contributed by atoms with Crippen LogP contribution in [0.4, 0.5) is 0 Å². The normalized spacial score (nSPS) is 13.8. The zero-order valence-electron chi connectivity index (χ0n) is 8.13. The van der Waals surface area contributed by atoms with E-state index < -0.39 is 17.9 Å². The largest absolute Gasteiger partial charge is 0.480 e. The molecule has 0 fully saturated rings. The van der Waals surface area contributed by atoms with Gasteiger partial charge in [-0.25, -0.2) is 4.79 Å². The molecule has 0 heterocycles. The smallest absolute Gasteiger partial charge is 0.326 e. The molecule has 1 amide bonds. The van der Waals surface area contributed by atoms with Crippen molar-refractivity contribution in [1.29, 1.82) is 0 Å². The summed E-state index contributed by atoms with van der Waals surface area (Å²) in [6, 6.07) is -0.888. The van der Waals surface area contributed by atoms with Crippen LogP contribution in [-0.4, -0.2) is 29.6 Å². The molecule has 0 saturated carbocycles. The molecule has 0 unspecified atom stereocenters. The van der Waals surface area contributed by atoms with Gasteiger partial charge in [0.25, 0.3) is 0 Å². The number of rotatable bonds is 5. The molecule has 0 aromatic heterocycles. The second-order valence-corrected chi connectivity index (χ2v) is 2.80. The van der Waals surface area contributed by atoms with E-state index >= 15 is 0 Å². The molecule has 0 radical (unpaired) electrons. The van der Waals surface area contributed by atoms with Crippen LogP contribution in [0.15, 0.2) is 0 Å². The average molecular weight is 175 g/mol. The summed E-state index contributed by atoms with van der Waals surface area (Å²) in [4.78, 5) is 21.5. The van der Waals surface area contributed by atoms with E-state index in [1.165, 1.54) is 0 Å². The van der Waals surface area contributed by atoms with Gasteiger partial charge in [-0.05, 0) is 5.92 Å². The first-order valence-electron chi connectivity index (χ1n) is 4.15. The highest BCUT2D eigenvalue weighted by molar-refractivity contribution is 5.84. The molecule has 0 rings (SSSR count). The number of nitrogens with two attached hydrogens (primary N) is 1. The zero-order valence-corrected chi connectivity index (χ0v) is 7.13. The van der Waals surface area contributed by atoms with E-state index in [-0.39, 0.29) is 12.5 Å². The van der Waals surface area contributed by atoms with Crippen LogP contribution in [0.5, 0.6) is 0 Å². The summed E-state index contributed by atoms with van der Waals surface area (Å²) in [5.74, 6) is -1.73. The maximum Gasteiger partial charge on any atom is 0.326 e. The van der Waals surface area contributed by atoms with Crippen molar-refractivity contribution in [3.05, 3.63) is 0 Å². The highest BCUT2D eigenvalue weighted by Crippen LogP contribution is 2.00. The van der Waals surface area contributed by atoms with Crippen molar-refractivity contribution in [2.75, 3.05) is 6.54 Å². The molecule has 0 saturated heterocycles. The van der Waals surface area contributed by atoms with Gasteiger partial charge in [-0.15, -0.1) is 0 Å². The van der Waals surface area contributed by atoms with Gasteiger partial charge in [0.2, 0.25) is 5.91 Å². The monoisotopic (exact) mass is 175 g/mol. The van der Waals surface area contributed by atoms with Gasteiger partial charge in [-0.1, -0.05) is 13.8 Å². The van der Waals surface area contributed by atoms with Crippen molar-refractivity contribution >= 4 is 11.9 Å². The van der Waals surface area contributed by atoms with Crippen LogP contribution in [0.25, 0.3) is 0 Å². The molecule has 12 heavy (non-hydrogen) atoms. The fourth-order valence-corrected chi connectivity index (χ4v) is 0.738. The summed E-state index contributed by atoms with van der Waals surface area (Å²) in [7, 11) is 0. The predicted molar refractivity (Wildman–Crippen MR) is 43.5 cm³/mol. The molecule has 0 aromatic rings. The third-order valence-corrected chi connectivity index (χ3v) is 1.41. The van der Waals surface area contributed by atoms with Gasteiger partial charge in [-0.2, -0.15) is 0 Å². The van der Waals surface area contributed by atoms with E-state index in [0.29, 0.717) is 0 Å². The Morgan fingerprint density at radius 3 is 2.58 bits per heavy atom. The van der Waals surface area contributed by atoms with Crippen molar-refractivity contribution in [3.8, 4) is 0 Å². The minimum absolute atomic E-state index is 0.174. The highest BCUT2D eigenvalue weighted by atomic mass is 16.4. The molecule has 70 valence electrons. The molecule has 0 aliphatic rings. The topological polar surface area (TPSA) is 92.4 Å². The van der Waals surface area contributed by atoms with Crippen LogP contribution in [0.2, 0.25) is 1.41 Å². The second-order valence-electron chi connectivity index (χ2n) is 2.80. The first-order valence-corrected chi connectivity index (χ1v) is 3.65. The Morgan fingerprint density at radius 2 is 2.25 bits per heavy atom. The molecular weight excluding hydrogens is 160 g/mol. The first kappa shape index (κ1) is 8.99. The lowest BCUT2D eigenvalue weighted by atomic mass is 10.1. The first-order chi connectivity index (χ1) is 5.99. The van der Waals surface area contributed by atoms with Gasteiger partial charge in [0.15, 0.2) is 0 Å². The molecule has 5 nitrogen and oxygen atoms in total. The van der Waals surface area contributed by atoms with Gasteiger partial charge in [0.1, 0.15) is 7.45 Å². The summed E-state index contributed by atoms with van der Waals surface area (Å²) in [5.41, 5.74) is 1.90. The Bertz CT molecular complexity index is 196. The standard InChI is InChI=1S/C7H14N2O3/c1-4(2)6(7(11)12)9-5(10)3-8/h4,6H,3,8H2,1-2H3,(H,9,10)(H,11,12)/t6-/m0/s1/i/hD. The number of carbonyl (C=O) groups is 2. The maximum atomic E-state index is 10.9. The fraction of sp³-hybridized carbons (Fsp3) is 0.714. The predicted octanol–water partition coefficient (Wildman–Crippen LogP) is -0.830. The molecule has 1 atom stereocenters. The number of nitrogens with one attached hydrogen (secondary N) is 1. The molecule has 0 spiro atoms. The lowest BCUT2D eigenvalue weighted by Crippen LogP contribution is -2.46. The van der Waals surface area contributed by atoms with Crippen LogP contribution < -0.4 is 11.0 Å². The molecule has 0 aliphatic carbocycles. The van der Waals surface area contributed by atoms with Gasteiger partial charge in [-0.3, -0.25) is 4.79 Å². The van der Waals surface area contributed by atoms with E-state index in [2.05, 4.69) is 5.32 Å². The molecule has 0 aliphatic heterocycles. The lowest BCUT2D eigenvalue weighted by Gasteiger charge is -2.16. The Morgan fingerprint density at radius 1 is 1.67 bits per heavy atom. The van der Waals surface area contributed by atoms with E-state index in [9.17, 15) is 9.59 Å². The highest BCUT2D eigenvalue weighted by Gasteiger charge is 2.22. The van der Waals surface area contributed by atoms with Crippen molar-refractivity contribution in [1.82, 2.24) is 5.32 Å². The Hall–Kier alpha value is -1.10. The van der Waals surface area contributed by atoms with Gasteiger partial charge < -0.3 is 16.2 Å². The molecule has 0 bridgehead atoms. The van der Waals surface area contributed by atoms with Crippen LogP contribution in [-0.2, 0) is 9.59 Å². The average Bonchev–Trinajstić information content (AvgIpc) is 1.99. The number of hydrogen-bond acceptors (Lipinski definition) is 3. The maximum absolute atomic E-state index is 10.9. The van der Waals surface area contributed by atoms with Crippen molar-refractivity contribution < 1.29 is 16.1 Å². The lowest BCUT2D eigenvalue weighted by molar-refractivity contribution is -0.142. The number of carbonyl (C=O) groups excluding carboxylic acids is 1. The third kappa shape index (κ3) is 3.34. The molecule has 0 aromatic carbocycles. The summed E-state index contributed by atoms with van der Waals surface area (Å²) >= 11 is 0. The number of amides is 1. The van der Waals surface area contributed by atoms with E-state index in [1.807, 2.05) is 5.73 Å². The SMILES string of the molecule is [2H]NCC(=O)N[C@H](C(=O)O)C(C)C. The Kier molecular flexibility index (Phi) is 3.53. The summed E-state index contributed by atoms with van der Waals surface area (Å²) in [6.45, 7) is 3.21. The van der Waals surface area contributed by atoms with E-state index in [1.54, 1.807) is 13.8 Å². The minimum atomic E-state index is -1.06. The van der Waals surface area contributed by atoms with Crippen LogP contribution >= 0.6 is 0 Å². The molecule has 5 heteroatoms. The van der Waals surface area contributed by atoms with Crippen LogP contribution in [0.3, 0.4) is 0 Å². The summed E-state index contributed by atoms with van der Waals surface area (Å²) in [6.07, 6.45) is 0. The summed E-state index contributed by atoms with van der Waals surface area (Å²) in [5, 5.41) is 11.0. The second kappa shape index (κ2) is 4.71. The summed E-state index contributed by atoms with van der Waals surface area (Å²) < 4.78 is 6.53. The number of carboxylic acids is 1. The van der Waals surface area contributed by atoms with Crippen LogP contribution in [0.1, 0.15) is 13.8 Å². The molecular formula is C7H14N2O3. The number of carboxylic acid groups (broad SMARTS) is 1. The van der Waals surface area contributed by atoms with E-state index in [4.69, 9.17) is 6.52 Å². The van der Waals surface area contributed by atoms with Gasteiger partial charge in [0.05, 0.1) is 6.54 Å². The molecule has 4 N–H and O–H groups in total.